The molecule has 10 heteroatoms. The van der Waals surface area contributed by atoms with Crippen molar-refractivity contribution in [1.82, 2.24) is 14.7 Å². The summed E-state index contributed by atoms with van der Waals surface area (Å²) in [6.07, 6.45) is 1.73. The van der Waals surface area contributed by atoms with Crippen molar-refractivity contribution in [2.24, 2.45) is 0 Å². The molecule has 1 fully saturated rings. The van der Waals surface area contributed by atoms with Gasteiger partial charge in [0.2, 0.25) is 10.0 Å². The van der Waals surface area contributed by atoms with Gasteiger partial charge in [0, 0.05) is 32.7 Å². The van der Waals surface area contributed by atoms with Crippen molar-refractivity contribution < 1.29 is 18.0 Å². The quantitative estimate of drug-likeness (QED) is 0.694. The van der Waals surface area contributed by atoms with E-state index in [1.165, 1.54) is 44.9 Å². The Hall–Kier alpha value is -2.27. The molecule has 1 aromatic carbocycles. The highest BCUT2D eigenvalue weighted by molar-refractivity contribution is 7.89. The summed E-state index contributed by atoms with van der Waals surface area (Å²) < 4.78 is 26.6. The van der Waals surface area contributed by atoms with Crippen molar-refractivity contribution >= 4 is 38.2 Å². The number of nitrogens with one attached hydrogen (secondary N) is 2. The molecular weight excluding hydrogens is 400 g/mol. The van der Waals surface area contributed by atoms with E-state index in [9.17, 15) is 18.0 Å². The lowest BCUT2D eigenvalue weighted by molar-refractivity contribution is 0.0858. The number of hydrogen-bond acceptors (Lipinski definition) is 6. The Morgan fingerprint density at radius 3 is 2.29 bits per heavy atom. The fourth-order valence-corrected chi connectivity index (χ4v) is 5.18. The van der Waals surface area contributed by atoms with Crippen molar-refractivity contribution in [3.8, 4) is 0 Å². The molecular formula is C18H22N4O4S2. The van der Waals surface area contributed by atoms with Crippen molar-refractivity contribution in [2.75, 3.05) is 32.5 Å². The second-order valence-corrected chi connectivity index (χ2v) is 9.44. The maximum absolute atomic E-state index is 12.6. The summed E-state index contributed by atoms with van der Waals surface area (Å²) in [5.41, 5.74) is 3.30. The first kappa shape index (κ1) is 20.5. The van der Waals surface area contributed by atoms with Gasteiger partial charge in [-0.15, -0.1) is 11.3 Å². The van der Waals surface area contributed by atoms with Crippen LogP contribution in [0.4, 0.5) is 5.00 Å². The van der Waals surface area contributed by atoms with Crippen LogP contribution in [0.15, 0.2) is 40.6 Å². The first-order chi connectivity index (χ1) is 13.3. The molecule has 1 saturated heterocycles. The summed E-state index contributed by atoms with van der Waals surface area (Å²) in [6, 6.07) is 7.47. The second-order valence-electron chi connectivity index (χ2n) is 6.59. The Balaban J connectivity index is 1.73. The molecule has 0 bridgehead atoms. The lowest BCUT2D eigenvalue weighted by Gasteiger charge is -2.15. The number of anilines is 1. The fraction of sp³-hybridized carbons (Fsp3) is 0.333. The number of rotatable bonds is 6. The molecule has 2 aromatic rings. The van der Waals surface area contributed by atoms with E-state index in [2.05, 4.69) is 10.7 Å². The van der Waals surface area contributed by atoms with Crippen LogP contribution in [-0.4, -0.2) is 56.7 Å². The molecule has 1 aromatic heterocycles. The molecule has 2 amide bonds. The fourth-order valence-electron chi connectivity index (χ4n) is 2.88. The lowest BCUT2D eigenvalue weighted by atomic mass is 10.2. The predicted molar refractivity (Wildman–Crippen MR) is 108 cm³/mol. The minimum atomic E-state index is -3.51. The summed E-state index contributed by atoms with van der Waals surface area (Å²) in [6.45, 7) is 1.06. The molecule has 3 rings (SSSR count). The van der Waals surface area contributed by atoms with Gasteiger partial charge in [-0.25, -0.2) is 13.4 Å². The van der Waals surface area contributed by atoms with Crippen molar-refractivity contribution in [2.45, 2.75) is 17.7 Å². The molecule has 1 aliphatic rings. The van der Waals surface area contributed by atoms with E-state index in [4.69, 9.17) is 0 Å². The van der Waals surface area contributed by atoms with Gasteiger partial charge >= 0.3 is 0 Å². The molecule has 2 heterocycles. The molecule has 2 N–H and O–H groups in total. The van der Waals surface area contributed by atoms with Crippen LogP contribution in [0.25, 0.3) is 0 Å². The number of benzene rings is 1. The SMILES string of the molecule is CN(C)NC(=O)c1ccsc1NC(=O)c1ccc(S(=O)(=O)N2CCCC2)cc1. The van der Waals surface area contributed by atoms with E-state index in [0.29, 0.717) is 29.2 Å². The first-order valence-electron chi connectivity index (χ1n) is 8.76. The predicted octanol–water partition coefficient (Wildman–Crippen LogP) is 1.99. The average Bonchev–Trinajstić information content (AvgIpc) is 3.33. The monoisotopic (exact) mass is 422 g/mol. The smallest absolute Gasteiger partial charge is 0.268 e. The van der Waals surface area contributed by atoms with Crippen LogP contribution in [0.3, 0.4) is 0 Å². The van der Waals surface area contributed by atoms with Gasteiger partial charge in [-0.1, -0.05) is 0 Å². The minimum Gasteiger partial charge on any atom is -0.313 e. The summed E-state index contributed by atoms with van der Waals surface area (Å²) >= 11 is 1.24. The highest BCUT2D eigenvalue weighted by atomic mass is 32.2. The third kappa shape index (κ3) is 4.41. The van der Waals surface area contributed by atoms with Crippen molar-refractivity contribution in [1.29, 1.82) is 0 Å². The Bertz CT molecular complexity index is 962. The van der Waals surface area contributed by atoms with Gasteiger partial charge in [-0.05, 0) is 48.6 Å². The molecule has 0 saturated carbocycles. The van der Waals surface area contributed by atoms with Gasteiger partial charge in [0.05, 0.1) is 10.5 Å². The number of sulfonamides is 1. The van der Waals surface area contributed by atoms with Crippen LogP contribution in [-0.2, 0) is 10.0 Å². The van der Waals surface area contributed by atoms with Crippen LogP contribution in [0.2, 0.25) is 0 Å². The zero-order chi connectivity index (χ0) is 20.3. The Kier molecular flexibility index (Phi) is 6.14. The maximum Gasteiger partial charge on any atom is 0.268 e. The number of hydrazine groups is 1. The molecule has 0 spiro atoms. The van der Waals surface area contributed by atoms with Gasteiger partial charge in [0.25, 0.3) is 11.8 Å². The van der Waals surface area contributed by atoms with E-state index < -0.39 is 15.9 Å². The van der Waals surface area contributed by atoms with Gasteiger partial charge in [-0.3, -0.25) is 15.0 Å². The summed E-state index contributed by atoms with van der Waals surface area (Å²) in [4.78, 5) is 24.9. The molecule has 0 aliphatic carbocycles. The maximum atomic E-state index is 12.6. The molecule has 0 atom stereocenters. The van der Waals surface area contributed by atoms with E-state index in [1.54, 1.807) is 25.5 Å². The topological polar surface area (TPSA) is 98.8 Å². The second kappa shape index (κ2) is 8.39. The van der Waals surface area contributed by atoms with Crippen LogP contribution in [0.1, 0.15) is 33.6 Å². The zero-order valence-electron chi connectivity index (χ0n) is 15.6. The molecule has 8 nitrogen and oxygen atoms in total. The van der Waals surface area contributed by atoms with Gasteiger partial charge in [0.15, 0.2) is 0 Å². The lowest BCUT2D eigenvalue weighted by Crippen LogP contribution is -2.36. The van der Waals surface area contributed by atoms with Crippen LogP contribution in [0, 0.1) is 0 Å². The van der Waals surface area contributed by atoms with Crippen LogP contribution >= 0.6 is 11.3 Å². The largest absolute Gasteiger partial charge is 0.313 e. The number of thiophene rings is 1. The average molecular weight is 423 g/mol. The molecule has 28 heavy (non-hydrogen) atoms. The number of hydrogen-bond donors (Lipinski definition) is 2. The minimum absolute atomic E-state index is 0.174. The molecule has 1 aliphatic heterocycles. The number of carbonyl (C=O) groups is 2. The Labute approximate surface area is 168 Å². The molecule has 0 unspecified atom stereocenters. The van der Waals surface area contributed by atoms with Crippen molar-refractivity contribution in [3.63, 3.8) is 0 Å². The van der Waals surface area contributed by atoms with E-state index >= 15 is 0 Å². The third-order valence-electron chi connectivity index (χ3n) is 4.28. The molecule has 0 radical (unpaired) electrons. The Morgan fingerprint density at radius 1 is 1.04 bits per heavy atom. The van der Waals surface area contributed by atoms with Crippen molar-refractivity contribution in [3.05, 3.63) is 46.8 Å². The Morgan fingerprint density at radius 2 is 1.68 bits per heavy atom. The highest BCUT2D eigenvalue weighted by Crippen LogP contribution is 2.25. The van der Waals surface area contributed by atoms with Gasteiger partial charge < -0.3 is 5.32 Å². The summed E-state index contributed by atoms with van der Waals surface area (Å²) in [7, 11) is -0.125. The third-order valence-corrected chi connectivity index (χ3v) is 7.02. The number of nitrogens with zero attached hydrogens (tertiary/aromatic N) is 2. The zero-order valence-corrected chi connectivity index (χ0v) is 17.3. The first-order valence-corrected chi connectivity index (χ1v) is 11.1. The number of amides is 2. The summed E-state index contributed by atoms with van der Waals surface area (Å²) in [5.74, 6) is -0.736. The number of carbonyl (C=O) groups excluding carboxylic acids is 2. The summed E-state index contributed by atoms with van der Waals surface area (Å²) in [5, 5.41) is 6.38. The van der Waals surface area contributed by atoms with Crippen LogP contribution in [0.5, 0.6) is 0 Å². The van der Waals surface area contributed by atoms with E-state index in [0.717, 1.165) is 12.8 Å². The van der Waals surface area contributed by atoms with E-state index in [-0.39, 0.29) is 10.8 Å². The highest BCUT2D eigenvalue weighted by Gasteiger charge is 2.27. The van der Waals surface area contributed by atoms with E-state index in [1.807, 2.05) is 0 Å². The standard InChI is InChI=1S/C18H22N4O4S2/c1-21(2)20-17(24)15-9-12-27-18(15)19-16(23)13-5-7-14(8-6-13)28(25,26)22-10-3-4-11-22/h5-9,12H,3-4,10-11H2,1-2H3,(H,19,23)(H,20,24). The normalized spacial score (nSPS) is 15.0. The van der Waals surface area contributed by atoms with Crippen LogP contribution < -0.4 is 10.7 Å². The van der Waals surface area contributed by atoms with Gasteiger partial charge in [0.1, 0.15) is 5.00 Å². The van der Waals surface area contributed by atoms with Gasteiger partial charge in [-0.2, -0.15) is 4.31 Å². The molecule has 150 valence electrons.